The number of carbonyl (C=O) groups is 1. The van der Waals surface area contributed by atoms with Crippen molar-refractivity contribution in [1.82, 2.24) is 4.90 Å². The van der Waals surface area contributed by atoms with Crippen molar-refractivity contribution in [1.29, 1.82) is 0 Å². The van der Waals surface area contributed by atoms with Crippen LogP contribution in [-0.4, -0.2) is 44.2 Å². The Hall–Kier alpha value is -0.810. The first kappa shape index (κ1) is 16.6. The predicted molar refractivity (Wildman–Crippen MR) is 82.8 cm³/mol. The van der Waals surface area contributed by atoms with Gasteiger partial charge < -0.3 is 9.47 Å². The lowest BCUT2D eigenvalue weighted by atomic mass is 10.1. The molecule has 4 nitrogen and oxygen atoms in total. The van der Waals surface area contributed by atoms with Gasteiger partial charge >= 0.3 is 5.97 Å². The predicted octanol–water partition coefficient (Wildman–Crippen LogP) is 3.32. The number of nitrogens with zero attached hydrogens (tertiary/aromatic N) is 1. The van der Waals surface area contributed by atoms with Crippen LogP contribution in [0, 0.1) is 0 Å². The van der Waals surface area contributed by atoms with Gasteiger partial charge in [0.15, 0.2) is 0 Å². The normalized spacial score (nSPS) is 19.5. The Morgan fingerprint density at radius 1 is 1.43 bits per heavy atom. The lowest BCUT2D eigenvalue weighted by Crippen LogP contribution is -2.39. The molecular formula is C15H19Cl2NO3. The molecule has 0 radical (unpaired) electrons. The van der Waals surface area contributed by atoms with Gasteiger partial charge in [-0.15, -0.1) is 0 Å². The van der Waals surface area contributed by atoms with E-state index in [9.17, 15) is 4.79 Å². The molecule has 1 aliphatic heterocycles. The second-order valence-corrected chi connectivity index (χ2v) is 5.83. The SMILES string of the molecule is COC(=O)CCCN1CCOC(c2ccc(Cl)c(Cl)c2)C1. The van der Waals surface area contributed by atoms with Crippen molar-refractivity contribution in [2.75, 3.05) is 33.4 Å². The summed E-state index contributed by atoms with van der Waals surface area (Å²) >= 11 is 12.0. The summed E-state index contributed by atoms with van der Waals surface area (Å²) in [5.74, 6) is -0.163. The van der Waals surface area contributed by atoms with Gasteiger partial charge in [0.1, 0.15) is 0 Å². The molecule has 1 aliphatic rings. The Balaban J connectivity index is 1.88. The molecule has 1 aromatic carbocycles. The summed E-state index contributed by atoms with van der Waals surface area (Å²) < 4.78 is 10.4. The molecule has 0 aliphatic carbocycles. The number of methoxy groups -OCH3 is 1. The maximum atomic E-state index is 11.1. The van der Waals surface area contributed by atoms with Gasteiger partial charge in [-0.25, -0.2) is 0 Å². The summed E-state index contributed by atoms with van der Waals surface area (Å²) in [6, 6.07) is 5.59. The average Bonchev–Trinajstić information content (AvgIpc) is 2.50. The molecule has 1 heterocycles. The molecule has 21 heavy (non-hydrogen) atoms. The highest BCUT2D eigenvalue weighted by molar-refractivity contribution is 6.42. The van der Waals surface area contributed by atoms with Crippen LogP contribution in [0.2, 0.25) is 10.0 Å². The molecule has 6 heteroatoms. The topological polar surface area (TPSA) is 38.8 Å². The summed E-state index contributed by atoms with van der Waals surface area (Å²) in [7, 11) is 1.41. The molecule has 116 valence electrons. The minimum Gasteiger partial charge on any atom is -0.469 e. The van der Waals surface area contributed by atoms with Gasteiger partial charge in [-0.2, -0.15) is 0 Å². The van der Waals surface area contributed by atoms with E-state index in [1.165, 1.54) is 7.11 Å². The van der Waals surface area contributed by atoms with Crippen molar-refractivity contribution in [3.8, 4) is 0 Å². The minimum atomic E-state index is -0.163. The fourth-order valence-corrected chi connectivity index (χ4v) is 2.68. The third-order valence-corrected chi connectivity index (χ3v) is 4.29. The first-order valence-electron chi connectivity index (χ1n) is 6.96. The van der Waals surface area contributed by atoms with Gasteiger partial charge in [0.2, 0.25) is 0 Å². The maximum Gasteiger partial charge on any atom is 0.305 e. The summed E-state index contributed by atoms with van der Waals surface area (Å²) in [6.07, 6.45) is 1.23. The monoisotopic (exact) mass is 331 g/mol. The van der Waals surface area contributed by atoms with Crippen molar-refractivity contribution in [2.45, 2.75) is 18.9 Å². The van der Waals surface area contributed by atoms with E-state index < -0.39 is 0 Å². The molecule has 0 amide bonds. The molecule has 1 atom stereocenters. The Morgan fingerprint density at radius 3 is 2.95 bits per heavy atom. The van der Waals surface area contributed by atoms with Crippen LogP contribution in [0.4, 0.5) is 0 Å². The van der Waals surface area contributed by atoms with E-state index in [1.807, 2.05) is 12.1 Å². The van der Waals surface area contributed by atoms with E-state index in [2.05, 4.69) is 9.64 Å². The van der Waals surface area contributed by atoms with E-state index in [1.54, 1.807) is 6.07 Å². The molecule has 0 spiro atoms. The molecular weight excluding hydrogens is 313 g/mol. The van der Waals surface area contributed by atoms with E-state index in [4.69, 9.17) is 27.9 Å². The minimum absolute atomic E-state index is 0.00774. The molecule has 1 saturated heterocycles. The molecule has 1 fully saturated rings. The number of esters is 1. The number of carbonyl (C=O) groups excluding carboxylic acids is 1. The Morgan fingerprint density at radius 2 is 2.24 bits per heavy atom. The van der Waals surface area contributed by atoms with Gasteiger partial charge in [-0.3, -0.25) is 9.69 Å². The van der Waals surface area contributed by atoms with E-state index in [0.717, 1.165) is 31.6 Å². The van der Waals surface area contributed by atoms with Crippen LogP contribution in [0.15, 0.2) is 18.2 Å². The number of benzene rings is 1. The third-order valence-electron chi connectivity index (χ3n) is 3.55. The van der Waals surface area contributed by atoms with Crippen LogP contribution >= 0.6 is 23.2 Å². The van der Waals surface area contributed by atoms with E-state index >= 15 is 0 Å². The molecule has 0 N–H and O–H groups in total. The van der Waals surface area contributed by atoms with Crippen LogP contribution < -0.4 is 0 Å². The second kappa shape index (κ2) is 7.99. The molecule has 1 unspecified atom stereocenters. The fourth-order valence-electron chi connectivity index (χ4n) is 2.37. The van der Waals surface area contributed by atoms with Gasteiger partial charge in [0, 0.05) is 19.5 Å². The number of rotatable bonds is 5. The van der Waals surface area contributed by atoms with Crippen LogP contribution in [-0.2, 0) is 14.3 Å². The Kier molecular flexibility index (Phi) is 6.30. The number of ether oxygens (including phenoxy) is 2. The largest absolute Gasteiger partial charge is 0.469 e. The first-order chi connectivity index (χ1) is 10.1. The van der Waals surface area contributed by atoms with E-state index in [0.29, 0.717) is 23.1 Å². The smallest absolute Gasteiger partial charge is 0.305 e. The molecule has 0 aromatic heterocycles. The highest BCUT2D eigenvalue weighted by atomic mass is 35.5. The summed E-state index contributed by atoms with van der Waals surface area (Å²) in [4.78, 5) is 13.4. The van der Waals surface area contributed by atoms with Gasteiger partial charge in [-0.05, 0) is 30.7 Å². The van der Waals surface area contributed by atoms with E-state index in [-0.39, 0.29) is 12.1 Å². The van der Waals surface area contributed by atoms with Crippen LogP contribution in [0.25, 0.3) is 0 Å². The van der Waals surface area contributed by atoms with Gasteiger partial charge in [-0.1, -0.05) is 29.3 Å². The summed E-state index contributed by atoms with van der Waals surface area (Å²) in [6.45, 7) is 3.19. The Bertz CT molecular complexity index is 496. The molecule has 2 rings (SSSR count). The van der Waals surface area contributed by atoms with Crippen molar-refractivity contribution >= 4 is 29.2 Å². The van der Waals surface area contributed by atoms with Crippen molar-refractivity contribution in [3.63, 3.8) is 0 Å². The number of morpholine rings is 1. The average molecular weight is 332 g/mol. The zero-order valence-corrected chi connectivity index (χ0v) is 13.5. The van der Waals surface area contributed by atoms with Crippen molar-refractivity contribution < 1.29 is 14.3 Å². The molecule has 0 bridgehead atoms. The van der Waals surface area contributed by atoms with Crippen molar-refractivity contribution in [2.24, 2.45) is 0 Å². The molecule has 1 aromatic rings. The van der Waals surface area contributed by atoms with Gasteiger partial charge in [0.25, 0.3) is 0 Å². The summed E-state index contributed by atoms with van der Waals surface area (Å²) in [5.41, 5.74) is 1.03. The quantitative estimate of drug-likeness (QED) is 0.776. The first-order valence-corrected chi connectivity index (χ1v) is 7.71. The fraction of sp³-hybridized carbons (Fsp3) is 0.533. The lowest BCUT2D eigenvalue weighted by Gasteiger charge is -2.33. The van der Waals surface area contributed by atoms with Crippen molar-refractivity contribution in [3.05, 3.63) is 33.8 Å². The third kappa shape index (κ3) is 4.85. The standard InChI is InChI=1S/C15H19Cl2NO3/c1-20-15(19)3-2-6-18-7-8-21-14(10-18)11-4-5-12(16)13(17)9-11/h4-5,9,14H,2-3,6-8,10H2,1H3. The van der Waals surface area contributed by atoms with Gasteiger partial charge in [0.05, 0.1) is 29.9 Å². The summed E-state index contributed by atoms with van der Waals surface area (Å²) in [5, 5.41) is 1.09. The highest BCUT2D eigenvalue weighted by Crippen LogP contribution is 2.29. The van der Waals surface area contributed by atoms with Crippen LogP contribution in [0.3, 0.4) is 0 Å². The lowest BCUT2D eigenvalue weighted by molar-refractivity contribution is -0.140. The highest BCUT2D eigenvalue weighted by Gasteiger charge is 2.22. The number of hydrogen-bond acceptors (Lipinski definition) is 4. The zero-order valence-electron chi connectivity index (χ0n) is 12.0. The number of halogens is 2. The zero-order chi connectivity index (χ0) is 15.2. The number of hydrogen-bond donors (Lipinski definition) is 0. The second-order valence-electron chi connectivity index (χ2n) is 5.01. The van der Waals surface area contributed by atoms with Crippen LogP contribution in [0.5, 0.6) is 0 Å². The van der Waals surface area contributed by atoms with Crippen LogP contribution in [0.1, 0.15) is 24.5 Å². The molecule has 0 saturated carbocycles. The maximum absolute atomic E-state index is 11.1. The Labute approximate surface area is 134 Å².